The van der Waals surface area contributed by atoms with Crippen LogP contribution in [0.3, 0.4) is 0 Å². The molecule has 3 rings (SSSR count). The Hall–Kier alpha value is -3.01. The van der Waals surface area contributed by atoms with Gasteiger partial charge in [0.15, 0.2) is 0 Å². The van der Waals surface area contributed by atoms with Gasteiger partial charge in [0.2, 0.25) is 0 Å². The molecule has 3 aromatic rings. The van der Waals surface area contributed by atoms with Gasteiger partial charge in [0.1, 0.15) is 5.49 Å². The molecule has 0 aliphatic rings. The van der Waals surface area contributed by atoms with E-state index >= 15 is 0 Å². The number of nitrogens with zero attached hydrogens (tertiary/aromatic N) is 3. The van der Waals surface area contributed by atoms with Crippen LogP contribution in [0.4, 0.5) is 0 Å². The van der Waals surface area contributed by atoms with Crippen molar-refractivity contribution in [3.63, 3.8) is 0 Å². The minimum absolute atomic E-state index is 0.267. The lowest BCUT2D eigenvalue weighted by molar-refractivity contribution is 0.0997. The zero-order valence-electron chi connectivity index (χ0n) is 12.9. The molecule has 0 aliphatic heterocycles. The number of pyridine rings is 2. The van der Waals surface area contributed by atoms with Crippen LogP contribution in [0.2, 0.25) is 0 Å². The number of hydrogen-bond donors (Lipinski definition) is 0. The monoisotopic (exact) mass is 303 g/mol. The van der Waals surface area contributed by atoms with Gasteiger partial charge in [0.05, 0.1) is 0 Å². The quantitative estimate of drug-likeness (QED) is 0.747. The van der Waals surface area contributed by atoms with Crippen LogP contribution in [0.25, 0.3) is 0 Å². The van der Waals surface area contributed by atoms with E-state index in [-0.39, 0.29) is 5.91 Å². The molecule has 2 aromatic heterocycles. The molecule has 0 aliphatic carbocycles. The third-order valence-electron chi connectivity index (χ3n) is 3.53. The molecule has 0 bridgehead atoms. The predicted molar refractivity (Wildman–Crippen MR) is 88.8 cm³/mol. The summed E-state index contributed by atoms with van der Waals surface area (Å²) in [7, 11) is 0. The third kappa shape index (κ3) is 3.80. The van der Waals surface area contributed by atoms with Gasteiger partial charge < -0.3 is 4.57 Å². The predicted octanol–water partition coefficient (Wildman–Crippen LogP) is 2.98. The van der Waals surface area contributed by atoms with Crippen molar-refractivity contribution in [1.29, 1.82) is 0 Å². The van der Waals surface area contributed by atoms with E-state index in [1.165, 1.54) is 11.1 Å². The average Bonchev–Trinajstić information content (AvgIpc) is 2.59. The van der Waals surface area contributed by atoms with Crippen LogP contribution < -0.4 is 5.49 Å². The lowest BCUT2D eigenvalue weighted by Crippen LogP contribution is -2.22. The minimum atomic E-state index is -0.267. The Morgan fingerprint density at radius 2 is 1.78 bits per heavy atom. The highest BCUT2D eigenvalue weighted by Crippen LogP contribution is 2.04. The largest absolute Gasteiger partial charge is 0.328 e. The van der Waals surface area contributed by atoms with Crippen molar-refractivity contribution in [2.45, 2.75) is 13.5 Å². The van der Waals surface area contributed by atoms with E-state index < -0.39 is 0 Å². The number of aromatic nitrogens is 2. The Morgan fingerprint density at radius 3 is 2.52 bits per heavy atom. The third-order valence-corrected chi connectivity index (χ3v) is 3.53. The van der Waals surface area contributed by atoms with E-state index in [0.29, 0.717) is 17.6 Å². The number of carbonyl (C=O) groups excluding carboxylic acids is 1. The topological polar surface area (TPSA) is 47.2 Å². The molecule has 0 unspecified atom stereocenters. The normalized spacial score (nSPS) is 11.4. The maximum atomic E-state index is 12.3. The Kier molecular flexibility index (Phi) is 4.43. The second-order valence-electron chi connectivity index (χ2n) is 5.33. The summed E-state index contributed by atoms with van der Waals surface area (Å²) in [6, 6.07) is 17.3. The van der Waals surface area contributed by atoms with Crippen LogP contribution in [-0.4, -0.2) is 15.5 Å². The van der Waals surface area contributed by atoms with E-state index in [1.807, 2.05) is 29.0 Å². The smallest absolute Gasteiger partial charge is 0.279 e. The van der Waals surface area contributed by atoms with Crippen LogP contribution in [-0.2, 0) is 6.54 Å². The number of aryl methyl sites for hydroxylation is 1. The first-order chi connectivity index (χ1) is 11.2. The number of benzene rings is 1. The van der Waals surface area contributed by atoms with Gasteiger partial charge in [-0.2, -0.15) is 4.99 Å². The Morgan fingerprint density at radius 1 is 1.04 bits per heavy atom. The second kappa shape index (κ2) is 6.83. The molecule has 23 heavy (non-hydrogen) atoms. The minimum Gasteiger partial charge on any atom is -0.328 e. The molecule has 0 radical (unpaired) electrons. The Balaban J connectivity index is 1.93. The van der Waals surface area contributed by atoms with Crippen LogP contribution >= 0.6 is 0 Å². The standard InChI is InChI=1S/C19H17N3O/c1-15-5-7-16(8-6-15)14-22-13-3-2-4-18(22)21-19(23)17-9-11-20-12-10-17/h2-13H,14H2,1H3. The first-order valence-electron chi connectivity index (χ1n) is 7.42. The molecule has 114 valence electrons. The Bertz CT molecular complexity index is 865. The highest BCUT2D eigenvalue weighted by atomic mass is 16.1. The van der Waals surface area contributed by atoms with E-state index in [9.17, 15) is 4.79 Å². The van der Waals surface area contributed by atoms with E-state index in [1.54, 1.807) is 24.5 Å². The fourth-order valence-electron chi connectivity index (χ4n) is 2.26. The van der Waals surface area contributed by atoms with Gasteiger partial charge in [0, 0.05) is 30.7 Å². The summed E-state index contributed by atoms with van der Waals surface area (Å²) in [6.07, 6.45) is 5.11. The molecule has 0 N–H and O–H groups in total. The molecule has 0 atom stereocenters. The first kappa shape index (κ1) is 14.9. The number of amides is 1. The summed E-state index contributed by atoms with van der Waals surface area (Å²) in [5, 5.41) is 0. The second-order valence-corrected chi connectivity index (χ2v) is 5.33. The fraction of sp³-hybridized carbons (Fsp3) is 0.105. The number of carbonyl (C=O) groups is 1. The molecule has 0 saturated carbocycles. The zero-order chi connectivity index (χ0) is 16.1. The maximum absolute atomic E-state index is 12.3. The number of hydrogen-bond acceptors (Lipinski definition) is 2. The van der Waals surface area contributed by atoms with Gasteiger partial charge in [-0.05, 0) is 36.8 Å². The Labute approximate surface area is 134 Å². The van der Waals surface area contributed by atoms with Crippen LogP contribution in [0, 0.1) is 6.92 Å². The molecular formula is C19H17N3O. The van der Waals surface area contributed by atoms with Crippen molar-refractivity contribution in [2.24, 2.45) is 4.99 Å². The van der Waals surface area contributed by atoms with Crippen molar-refractivity contribution in [1.82, 2.24) is 9.55 Å². The maximum Gasteiger partial charge on any atom is 0.279 e. The van der Waals surface area contributed by atoms with Crippen molar-refractivity contribution in [3.8, 4) is 0 Å². The lowest BCUT2D eigenvalue weighted by Gasteiger charge is -2.07. The molecule has 4 heteroatoms. The molecule has 0 fully saturated rings. The molecule has 0 spiro atoms. The lowest BCUT2D eigenvalue weighted by atomic mass is 10.1. The summed E-state index contributed by atoms with van der Waals surface area (Å²) in [6.45, 7) is 2.73. The molecule has 4 nitrogen and oxygen atoms in total. The molecule has 1 amide bonds. The fourth-order valence-corrected chi connectivity index (χ4v) is 2.26. The van der Waals surface area contributed by atoms with Gasteiger partial charge in [-0.25, -0.2) is 0 Å². The van der Waals surface area contributed by atoms with Crippen molar-refractivity contribution in [2.75, 3.05) is 0 Å². The van der Waals surface area contributed by atoms with Crippen molar-refractivity contribution < 1.29 is 4.79 Å². The SMILES string of the molecule is Cc1ccc(Cn2ccccc2=NC(=O)c2ccncc2)cc1. The summed E-state index contributed by atoms with van der Waals surface area (Å²) >= 11 is 0. The summed E-state index contributed by atoms with van der Waals surface area (Å²) in [5.74, 6) is -0.267. The zero-order valence-corrected chi connectivity index (χ0v) is 12.9. The summed E-state index contributed by atoms with van der Waals surface area (Å²) < 4.78 is 1.96. The molecule has 1 aromatic carbocycles. The van der Waals surface area contributed by atoms with Crippen LogP contribution in [0.5, 0.6) is 0 Å². The van der Waals surface area contributed by atoms with Crippen molar-refractivity contribution in [3.05, 3.63) is 95.4 Å². The van der Waals surface area contributed by atoms with Crippen LogP contribution in [0.15, 0.2) is 78.2 Å². The molecular weight excluding hydrogens is 286 g/mol. The average molecular weight is 303 g/mol. The van der Waals surface area contributed by atoms with Crippen LogP contribution in [0.1, 0.15) is 21.5 Å². The summed E-state index contributed by atoms with van der Waals surface area (Å²) in [5.41, 5.74) is 3.56. The molecule has 2 heterocycles. The van der Waals surface area contributed by atoms with Gasteiger partial charge in [0.25, 0.3) is 5.91 Å². The van der Waals surface area contributed by atoms with Gasteiger partial charge >= 0.3 is 0 Å². The highest BCUT2D eigenvalue weighted by Gasteiger charge is 2.03. The molecule has 0 saturated heterocycles. The van der Waals surface area contributed by atoms with Gasteiger partial charge in [-0.1, -0.05) is 35.9 Å². The van der Waals surface area contributed by atoms with E-state index in [0.717, 1.165) is 0 Å². The van der Waals surface area contributed by atoms with Gasteiger partial charge in [-0.15, -0.1) is 0 Å². The number of rotatable bonds is 3. The van der Waals surface area contributed by atoms with E-state index in [2.05, 4.69) is 41.2 Å². The van der Waals surface area contributed by atoms with E-state index in [4.69, 9.17) is 0 Å². The first-order valence-corrected chi connectivity index (χ1v) is 7.42. The van der Waals surface area contributed by atoms with Crippen molar-refractivity contribution >= 4 is 5.91 Å². The van der Waals surface area contributed by atoms with Gasteiger partial charge in [-0.3, -0.25) is 9.78 Å². The highest BCUT2D eigenvalue weighted by molar-refractivity contribution is 5.94. The summed E-state index contributed by atoms with van der Waals surface area (Å²) in [4.78, 5) is 20.4.